The van der Waals surface area contributed by atoms with Crippen molar-refractivity contribution >= 4 is 0 Å². The zero-order valence-electron chi connectivity index (χ0n) is 18.6. The van der Waals surface area contributed by atoms with Crippen LogP contribution in [-0.4, -0.2) is 0 Å². The standard InChI is InChI=1S/C26H17F9O/c1-2-3-4-5-14-8-20(29)24(21(30)9-14)26(34,35)36-16-12-18(27)17(19(28)13-16)7-6-15-10-22(31)25(33)23(32)11-15/h8-13H,2-5H2,1H3. The smallest absolute Gasteiger partial charge is 0.429 e. The highest BCUT2D eigenvalue weighted by Crippen LogP contribution is 2.36. The Bertz CT molecular complexity index is 1270. The molecule has 0 N–H and O–H groups in total. The summed E-state index contributed by atoms with van der Waals surface area (Å²) in [6.45, 7) is 1.92. The molecule has 0 heterocycles. The van der Waals surface area contributed by atoms with Gasteiger partial charge in [0.05, 0.1) is 5.56 Å². The van der Waals surface area contributed by atoms with Crippen LogP contribution < -0.4 is 4.74 Å². The van der Waals surface area contributed by atoms with Crippen LogP contribution in [0.25, 0.3) is 0 Å². The quantitative estimate of drug-likeness (QED) is 0.134. The second kappa shape index (κ2) is 11.0. The molecule has 0 bridgehead atoms. The molecule has 0 amide bonds. The van der Waals surface area contributed by atoms with Crippen LogP contribution in [0, 0.1) is 52.6 Å². The molecule has 0 aliphatic carbocycles. The summed E-state index contributed by atoms with van der Waals surface area (Å²) in [7, 11) is 0. The molecule has 0 radical (unpaired) electrons. The Hall–Kier alpha value is -3.61. The van der Waals surface area contributed by atoms with Gasteiger partial charge in [-0.05, 0) is 42.7 Å². The van der Waals surface area contributed by atoms with E-state index in [1.54, 1.807) is 0 Å². The first-order chi connectivity index (χ1) is 16.9. The number of ether oxygens (including phenoxy) is 1. The fourth-order valence-corrected chi connectivity index (χ4v) is 3.32. The third kappa shape index (κ3) is 6.14. The normalized spacial score (nSPS) is 11.3. The van der Waals surface area contributed by atoms with Crippen LogP contribution in [0.3, 0.4) is 0 Å². The lowest BCUT2D eigenvalue weighted by atomic mass is 10.0. The number of alkyl halides is 2. The van der Waals surface area contributed by atoms with Crippen LogP contribution in [0.5, 0.6) is 5.75 Å². The lowest BCUT2D eigenvalue weighted by molar-refractivity contribution is -0.189. The minimum Gasteiger partial charge on any atom is -0.429 e. The Morgan fingerprint density at radius 1 is 0.694 bits per heavy atom. The second-order valence-corrected chi connectivity index (χ2v) is 7.78. The van der Waals surface area contributed by atoms with E-state index in [0.29, 0.717) is 30.7 Å². The van der Waals surface area contributed by atoms with E-state index >= 15 is 0 Å². The summed E-state index contributed by atoms with van der Waals surface area (Å²) in [6.07, 6.45) is -2.15. The maximum Gasteiger partial charge on any atom is 0.432 e. The molecule has 3 aromatic carbocycles. The fraction of sp³-hybridized carbons (Fsp3) is 0.231. The van der Waals surface area contributed by atoms with Crippen molar-refractivity contribution in [2.24, 2.45) is 0 Å². The predicted molar refractivity (Wildman–Crippen MR) is 113 cm³/mol. The first-order valence-corrected chi connectivity index (χ1v) is 10.6. The zero-order valence-corrected chi connectivity index (χ0v) is 18.6. The summed E-state index contributed by atoms with van der Waals surface area (Å²) in [4.78, 5) is 0. The van der Waals surface area contributed by atoms with Gasteiger partial charge in [0, 0.05) is 17.7 Å². The molecule has 0 saturated carbocycles. The molecule has 0 fully saturated rings. The summed E-state index contributed by atoms with van der Waals surface area (Å²) in [6, 6.07) is 3.04. The maximum absolute atomic E-state index is 14.6. The van der Waals surface area contributed by atoms with Gasteiger partial charge in [-0.1, -0.05) is 31.6 Å². The molecule has 1 nitrogen and oxygen atoms in total. The second-order valence-electron chi connectivity index (χ2n) is 7.78. The third-order valence-electron chi connectivity index (χ3n) is 5.04. The van der Waals surface area contributed by atoms with Crippen LogP contribution in [-0.2, 0) is 12.5 Å². The van der Waals surface area contributed by atoms with E-state index in [0.717, 1.165) is 25.0 Å². The fourth-order valence-electron chi connectivity index (χ4n) is 3.32. The molecular formula is C26H17F9O. The number of hydrogen-bond donors (Lipinski definition) is 0. The van der Waals surface area contributed by atoms with E-state index in [1.807, 2.05) is 18.8 Å². The van der Waals surface area contributed by atoms with E-state index in [9.17, 15) is 39.5 Å². The summed E-state index contributed by atoms with van der Waals surface area (Å²) < 4.78 is 130. The highest BCUT2D eigenvalue weighted by molar-refractivity contribution is 5.46. The van der Waals surface area contributed by atoms with Crippen molar-refractivity contribution in [3.8, 4) is 17.6 Å². The molecule has 0 aliphatic rings. The van der Waals surface area contributed by atoms with Gasteiger partial charge in [-0.15, -0.1) is 0 Å². The van der Waals surface area contributed by atoms with E-state index in [1.165, 1.54) is 0 Å². The maximum atomic E-state index is 14.6. The summed E-state index contributed by atoms with van der Waals surface area (Å²) in [5, 5.41) is 0. The van der Waals surface area contributed by atoms with Gasteiger partial charge in [0.15, 0.2) is 17.5 Å². The van der Waals surface area contributed by atoms with Crippen molar-refractivity contribution in [3.63, 3.8) is 0 Å². The van der Waals surface area contributed by atoms with Gasteiger partial charge >= 0.3 is 6.11 Å². The zero-order chi connectivity index (χ0) is 26.6. The van der Waals surface area contributed by atoms with Crippen LogP contribution in [0.1, 0.15) is 48.4 Å². The minimum absolute atomic E-state index is 0.166. The average molecular weight is 516 g/mol. The topological polar surface area (TPSA) is 9.23 Å². The predicted octanol–water partition coefficient (Wildman–Crippen LogP) is 7.92. The van der Waals surface area contributed by atoms with Gasteiger partial charge in [0.1, 0.15) is 34.6 Å². The monoisotopic (exact) mass is 516 g/mol. The number of aryl methyl sites for hydroxylation is 1. The number of rotatable bonds is 7. The molecule has 0 saturated heterocycles. The molecule has 0 aromatic heterocycles. The van der Waals surface area contributed by atoms with Crippen LogP contribution >= 0.6 is 0 Å². The first kappa shape index (κ1) is 27.0. The van der Waals surface area contributed by atoms with Crippen molar-refractivity contribution < 1.29 is 44.3 Å². The van der Waals surface area contributed by atoms with Gasteiger partial charge < -0.3 is 4.74 Å². The van der Waals surface area contributed by atoms with Crippen molar-refractivity contribution in [3.05, 3.63) is 99.4 Å². The molecule has 0 aliphatic heterocycles. The van der Waals surface area contributed by atoms with Crippen LogP contribution in [0.2, 0.25) is 0 Å². The minimum atomic E-state index is -4.63. The van der Waals surface area contributed by atoms with Crippen LogP contribution in [0.15, 0.2) is 36.4 Å². The lowest BCUT2D eigenvalue weighted by Crippen LogP contribution is -2.25. The van der Waals surface area contributed by atoms with E-state index in [4.69, 9.17) is 0 Å². The Morgan fingerprint density at radius 3 is 1.78 bits per heavy atom. The molecule has 3 aromatic rings. The van der Waals surface area contributed by atoms with Crippen LogP contribution in [0.4, 0.5) is 39.5 Å². The molecule has 0 spiro atoms. The highest BCUT2D eigenvalue weighted by Gasteiger charge is 2.41. The molecule has 0 unspecified atom stereocenters. The molecule has 190 valence electrons. The largest absolute Gasteiger partial charge is 0.432 e. The van der Waals surface area contributed by atoms with Gasteiger partial charge in [0.25, 0.3) is 0 Å². The molecular weight excluding hydrogens is 499 g/mol. The molecule has 0 atom stereocenters. The number of hydrogen-bond acceptors (Lipinski definition) is 1. The Morgan fingerprint density at radius 2 is 1.25 bits per heavy atom. The number of unbranched alkanes of at least 4 members (excludes halogenated alkanes) is 2. The van der Waals surface area contributed by atoms with E-state index in [-0.39, 0.29) is 12.0 Å². The van der Waals surface area contributed by atoms with Gasteiger partial charge in [0.2, 0.25) is 0 Å². The van der Waals surface area contributed by atoms with E-state index < -0.39 is 69.3 Å². The third-order valence-corrected chi connectivity index (χ3v) is 5.04. The van der Waals surface area contributed by atoms with Crippen molar-refractivity contribution in [2.75, 3.05) is 0 Å². The Labute approximate surface area is 200 Å². The summed E-state index contributed by atoms with van der Waals surface area (Å²) in [5.74, 6) is -8.30. The van der Waals surface area contributed by atoms with Gasteiger partial charge in [-0.2, -0.15) is 8.78 Å². The van der Waals surface area contributed by atoms with Crippen molar-refractivity contribution in [1.82, 2.24) is 0 Å². The van der Waals surface area contributed by atoms with Gasteiger partial charge in [-0.3, -0.25) is 0 Å². The first-order valence-electron chi connectivity index (χ1n) is 10.6. The lowest BCUT2D eigenvalue weighted by Gasteiger charge is -2.20. The number of halogens is 9. The van der Waals surface area contributed by atoms with E-state index in [2.05, 4.69) is 4.74 Å². The van der Waals surface area contributed by atoms with Crippen molar-refractivity contribution in [2.45, 2.75) is 38.7 Å². The SMILES string of the molecule is CCCCCc1cc(F)c(C(F)(F)Oc2cc(F)c(C#Cc3cc(F)c(F)c(F)c3)c(F)c2)c(F)c1. The Balaban J connectivity index is 1.87. The average Bonchev–Trinajstić information content (AvgIpc) is 2.76. The highest BCUT2D eigenvalue weighted by atomic mass is 19.3. The summed E-state index contributed by atoms with van der Waals surface area (Å²) >= 11 is 0. The van der Waals surface area contributed by atoms with Gasteiger partial charge in [-0.25, -0.2) is 30.7 Å². The molecule has 10 heteroatoms. The molecule has 36 heavy (non-hydrogen) atoms. The molecule has 3 rings (SSSR count). The Kier molecular flexibility index (Phi) is 8.23. The summed E-state index contributed by atoms with van der Waals surface area (Å²) in [5.41, 5.74) is -3.00. The van der Waals surface area contributed by atoms with Crippen molar-refractivity contribution in [1.29, 1.82) is 0 Å². The number of benzene rings is 3.